The van der Waals surface area contributed by atoms with Gasteiger partial charge in [-0.2, -0.15) is 5.10 Å². The number of hydrogen-bond donors (Lipinski definition) is 0. The van der Waals surface area contributed by atoms with Crippen LogP contribution in [0.15, 0.2) is 22.7 Å². The normalized spacial score (nSPS) is 10.7. The first-order chi connectivity index (χ1) is 9.93. The van der Waals surface area contributed by atoms with Crippen LogP contribution in [0.1, 0.15) is 23.9 Å². The Kier molecular flexibility index (Phi) is 4.62. The van der Waals surface area contributed by atoms with Gasteiger partial charge in [-0.25, -0.2) is 0 Å². The Morgan fingerprint density at radius 3 is 2.71 bits per heavy atom. The third-order valence-electron chi connectivity index (χ3n) is 3.19. The fraction of sp³-hybridized carbons (Fsp3) is 0.357. The molecule has 2 aromatic rings. The molecule has 0 spiro atoms. The average molecular weight is 354 g/mol. The topological polar surface area (TPSA) is 70.2 Å². The lowest BCUT2D eigenvalue weighted by Crippen LogP contribution is -2.06. The molecule has 6 nitrogen and oxygen atoms in total. The molecule has 0 aliphatic heterocycles. The zero-order chi connectivity index (χ0) is 15.6. The maximum Gasteiger partial charge on any atom is 0.272 e. The van der Waals surface area contributed by atoms with Crippen LogP contribution in [-0.2, 0) is 13.2 Å². The van der Waals surface area contributed by atoms with Crippen LogP contribution >= 0.6 is 15.9 Å². The van der Waals surface area contributed by atoms with Gasteiger partial charge in [-0.15, -0.1) is 0 Å². The Bertz CT molecular complexity index is 682. The Morgan fingerprint density at radius 2 is 2.14 bits per heavy atom. The summed E-state index contributed by atoms with van der Waals surface area (Å²) >= 11 is 3.51. The first-order valence-corrected chi connectivity index (χ1v) is 7.33. The van der Waals surface area contributed by atoms with Crippen molar-refractivity contribution in [3.63, 3.8) is 0 Å². The van der Waals surface area contributed by atoms with E-state index in [-0.39, 0.29) is 5.69 Å². The summed E-state index contributed by atoms with van der Waals surface area (Å²) in [6, 6.07) is 4.74. The van der Waals surface area contributed by atoms with E-state index in [4.69, 9.17) is 4.74 Å². The van der Waals surface area contributed by atoms with Gasteiger partial charge in [-0.3, -0.25) is 14.8 Å². The molecule has 0 aliphatic carbocycles. The molecule has 7 heteroatoms. The highest BCUT2D eigenvalue weighted by Crippen LogP contribution is 2.26. The van der Waals surface area contributed by atoms with Crippen molar-refractivity contribution in [2.75, 3.05) is 0 Å². The quantitative estimate of drug-likeness (QED) is 0.605. The van der Waals surface area contributed by atoms with Gasteiger partial charge in [0.2, 0.25) is 0 Å². The molecule has 0 amide bonds. The van der Waals surface area contributed by atoms with Crippen molar-refractivity contribution < 1.29 is 9.66 Å². The van der Waals surface area contributed by atoms with Gasteiger partial charge in [0.15, 0.2) is 0 Å². The van der Waals surface area contributed by atoms with Crippen molar-refractivity contribution >= 4 is 21.6 Å². The lowest BCUT2D eigenvalue weighted by atomic mass is 10.2. The third kappa shape index (κ3) is 3.24. The Labute approximate surface area is 131 Å². The largest absolute Gasteiger partial charge is 0.487 e. The van der Waals surface area contributed by atoms with Crippen LogP contribution in [0.3, 0.4) is 0 Å². The lowest BCUT2D eigenvalue weighted by molar-refractivity contribution is -0.385. The number of nitro groups is 1. The minimum atomic E-state index is -0.398. The molecule has 0 saturated heterocycles. The number of nitro benzene ring substituents is 1. The maximum absolute atomic E-state index is 10.8. The summed E-state index contributed by atoms with van der Waals surface area (Å²) in [7, 11) is 0. The number of aromatic nitrogens is 2. The standard InChI is InChI=1S/C14H16BrN3O3/c1-4-17-13(14(15)10(3)16-17)8-21-11-5-6-12(18(19)20)9(2)7-11/h5-7H,4,8H2,1-3H3. The molecule has 2 rings (SSSR count). The summed E-state index contributed by atoms with van der Waals surface area (Å²) < 4.78 is 8.54. The fourth-order valence-electron chi connectivity index (χ4n) is 2.08. The number of aryl methyl sites for hydroxylation is 3. The van der Waals surface area contributed by atoms with Crippen molar-refractivity contribution in [2.45, 2.75) is 33.9 Å². The van der Waals surface area contributed by atoms with E-state index in [9.17, 15) is 10.1 Å². The molecule has 0 saturated carbocycles. The molecule has 0 radical (unpaired) electrons. The molecular weight excluding hydrogens is 338 g/mol. The van der Waals surface area contributed by atoms with E-state index in [1.807, 2.05) is 18.5 Å². The highest BCUT2D eigenvalue weighted by Gasteiger charge is 2.14. The molecule has 0 aliphatic rings. The molecule has 0 fully saturated rings. The second-order valence-corrected chi connectivity index (χ2v) is 5.45. The first-order valence-electron chi connectivity index (χ1n) is 6.53. The summed E-state index contributed by atoms with van der Waals surface area (Å²) in [5.74, 6) is 0.603. The van der Waals surface area contributed by atoms with Gasteiger partial charge in [0, 0.05) is 18.2 Å². The van der Waals surface area contributed by atoms with Crippen molar-refractivity contribution in [1.29, 1.82) is 0 Å². The summed E-state index contributed by atoms with van der Waals surface area (Å²) in [6.45, 7) is 6.74. The van der Waals surface area contributed by atoms with Gasteiger partial charge >= 0.3 is 0 Å². The van der Waals surface area contributed by atoms with Crippen LogP contribution in [0.4, 0.5) is 5.69 Å². The zero-order valence-corrected chi connectivity index (χ0v) is 13.7. The maximum atomic E-state index is 10.8. The van der Waals surface area contributed by atoms with E-state index < -0.39 is 4.92 Å². The number of rotatable bonds is 5. The molecule has 0 bridgehead atoms. The van der Waals surface area contributed by atoms with E-state index in [2.05, 4.69) is 21.0 Å². The third-order valence-corrected chi connectivity index (χ3v) is 4.22. The second kappa shape index (κ2) is 6.26. The van der Waals surface area contributed by atoms with Gasteiger partial charge in [0.05, 0.1) is 20.8 Å². The molecule has 0 unspecified atom stereocenters. The number of ether oxygens (including phenoxy) is 1. The van der Waals surface area contributed by atoms with E-state index in [0.717, 1.165) is 22.4 Å². The highest BCUT2D eigenvalue weighted by atomic mass is 79.9. The minimum Gasteiger partial charge on any atom is -0.487 e. The smallest absolute Gasteiger partial charge is 0.272 e. The minimum absolute atomic E-state index is 0.0953. The van der Waals surface area contributed by atoms with Crippen LogP contribution < -0.4 is 4.74 Å². The first kappa shape index (κ1) is 15.5. The molecule has 1 aromatic heterocycles. The molecule has 112 valence electrons. The van der Waals surface area contributed by atoms with Crippen molar-refractivity contribution in [1.82, 2.24) is 9.78 Å². The van der Waals surface area contributed by atoms with Gasteiger partial charge in [-0.05, 0) is 48.8 Å². The summed E-state index contributed by atoms with van der Waals surface area (Å²) in [5.41, 5.74) is 2.54. The fourth-order valence-corrected chi connectivity index (χ4v) is 2.48. The molecule has 0 N–H and O–H groups in total. The van der Waals surface area contributed by atoms with Crippen molar-refractivity contribution in [2.24, 2.45) is 0 Å². The van der Waals surface area contributed by atoms with Gasteiger partial charge < -0.3 is 4.74 Å². The Morgan fingerprint density at radius 1 is 1.43 bits per heavy atom. The molecule has 1 aromatic carbocycles. The predicted molar refractivity (Wildman–Crippen MR) is 82.5 cm³/mol. The SMILES string of the molecule is CCn1nc(C)c(Br)c1COc1ccc([N+](=O)[O-])c(C)c1. The summed E-state index contributed by atoms with van der Waals surface area (Å²) in [6.07, 6.45) is 0. The lowest BCUT2D eigenvalue weighted by Gasteiger charge is -2.09. The molecular formula is C14H16BrN3O3. The highest BCUT2D eigenvalue weighted by molar-refractivity contribution is 9.10. The zero-order valence-electron chi connectivity index (χ0n) is 12.1. The van der Waals surface area contributed by atoms with Crippen LogP contribution in [-0.4, -0.2) is 14.7 Å². The van der Waals surface area contributed by atoms with E-state index in [1.54, 1.807) is 19.1 Å². The molecule has 0 atom stereocenters. The van der Waals surface area contributed by atoms with Crippen LogP contribution in [0.5, 0.6) is 5.75 Å². The van der Waals surface area contributed by atoms with E-state index in [0.29, 0.717) is 17.9 Å². The van der Waals surface area contributed by atoms with Gasteiger partial charge in [0.1, 0.15) is 12.4 Å². The predicted octanol–water partition coefficient (Wildman–Crippen LogP) is 3.77. The number of halogens is 1. The van der Waals surface area contributed by atoms with Crippen LogP contribution in [0.2, 0.25) is 0 Å². The van der Waals surface area contributed by atoms with E-state index in [1.165, 1.54) is 6.07 Å². The monoisotopic (exact) mass is 353 g/mol. The Hall–Kier alpha value is -1.89. The van der Waals surface area contributed by atoms with Gasteiger partial charge in [-0.1, -0.05) is 0 Å². The van der Waals surface area contributed by atoms with E-state index >= 15 is 0 Å². The number of hydrogen-bond acceptors (Lipinski definition) is 4. The van der Waals surface area contributed by atoms with Crippen molar-refractivity contribution in [3.05, 3.63) is 49.7 Å². The summed E-state index contributed by atoms with van der Waals surface area (Å²) in [4.78, 5) is 10.4. The molecule has 21 heavy (non-hydrogen) atoms. The Balaban J connectivity index is 2.17. The molecule has 1 heterocycles. The summed E-state index contributed by atoms with van der Waals surface area (Å²) in [5, 5.41) is 15.2. The van der Waals surface area contributed by atoms with Crippen LogP contribution in [0, 0.1) is 24.0 Å². The number of benzene rings is 1. The number of nitrogens with zero attached hydrogens (tertiary/aromatic N) is 3. The van der Waals surface area contributed by atoms with Gasteiger partial charge in [0.25, 0.3) is 5.69 Å². The van der Waals surface area contributed by atoms with Crippen molar-refractivity contribution in [3.8, 4) is 5.75 Å². The average Bonchev–Trinajstić information content (AvgIpc) is 2.71. The second-order valence-electron chi connectivity index (χ2n) is 4.66. The van der Waals surface area contributed by atoms with Crippen LogP contribution in [0.25, 0.3) is 0 Å².